The zero-order valence-corrected chi connectivity index (χ0v) is 24.5. The minimum atomic E-state index is -4.59. The predicted octanol–water partition coefficient (Wildman–Crippen LogP) is 6.80. The van der Waals surface area contributed by atoms with Gasteiger partial charge in [-0.05, 0) is 92.0 Å². The molecule has 4 heterocycles. The zero-order chi connectivity index (χ0) is 29.6. The van der Waals surface area contributed by atoms with Crippen molar-refractivity contribution in [3.8, 4) is 5.69 Å². The number of methoxy groups -OCH3 is 1. The molecule has 1 aromatic carbocycles. The van der Waals surface area contributed by atoms with Gasteiger partial charge in [-0.15, -0.1) is 0 Å². The zero-order valence-electron chi connectivity index (χ0n) is 24.5. The summed E-state index contributed by atoms with van der Waals surface area (Å²) in [6.45, 7) is 6.73. The Kier molecular flexibility index (Phi) is 7.91. The molecule has 3 aliphatic rings. The second kappa shape index (κ2) is 11.5. The van der Waals surface area contributed by atoms with E-state index in [1.807, 2.05) is 18.2 Å². The van der Waals surface area contributed by atoms with Crippen molar-refractivity contribution in [1.82, 2.24) is 13.9 Å². The minimum Gasteiger partial charge on any atom is -0.378 e. The van der Waals surface area contributed by atoms with Crippen molar-refractivity contribution in [3.05, 3.63) is 87.6 Å². The standard InChI is InChI=1S/C33H38F3N4O2/c1-21-7-6-12-38(16-21)17-23-14-28(33(34,35)36)29-19-39(32(41)40(29)18-23)27-11-5-10-25(15-27)30(24-8-4-9-24)31-22(2)13-26(37-31)20-42-3/h5,10-11,13-15,18-19,21,24,30H,4,6-9,12,16-17,20H2,1-3H3/t21-,30-/m0/s1. The number of nitrogens with zero attached hydrogens (tertiary/aromatic N) is 4. The Morgan fingerprint density at radius 3 is 2.62 bits per heavy atom. The molecule has 0 spiro atoms. The fourth-order valence-corrected chi connectivity index (χ4v) is 6.86. The number of aliphatic imine (C=N–C) groups is 1. The highest BCUT2D eigenvalue weighted by Crippen LogP contribution is 2.48. The van der Waals surface area contributed by atoms with E-state index in [9.17, 15) is 18.0 Å². The molecule has 1 radical (unpaired) electrons. The first kappa shape index (κ1) is 28.9. The lowest BCUT2D eigenvalue weighted by Crippen LogP contribution is -2.34. The first-order valence-corrected chi connectivity index (χ1v) is 14.9. The van der Waals surface area contributed by atoms with Gasteiger partial charge < -0.3 is 4.74 Å². The van der Waals surface area contributed by atoms with Crippen molar-refractivity contribution < 1.29 is 17.9 Å². The van der Waals surface area contributed by atoms with E-state index in [0.717, 1.165) is 68.1 Å². The first-order chi connectivity index (χ1) is 20.1. The van der Waals surface area contributed by atoms with Gasteiger partial charge >= 0.3 is 11.9 Å². The van der Waals surface area contributed by atoms with Gasteiger partial charge in [0.15, 0.2) is 0 Å². The number of fused-ring (bicyclic) bond motifs is 1. The second-order valence-corrected chi connectivity index (χ2v) is 12.3. The molecule has 42 heavy (non-hydrogen) atoms. The Morgan fingerprint density at radius 1 is 1.12 bits per heavy atom. The third-order valence-corrected chi connectivity index (χ3v) is 9.04. The number of ether oxygens (including phenoxy) is 1. The van der Waals surface area contributed by atoms with E-state index in [0.29, 0.717) is 36.2 Å². The van der Waals surface area contributed by atoms with Crippen molar-refractivity contribution in [2.75, 3.05) is 26.8 Å². The summed E-state index contributed by atoms with van der Waals surface area (Å²) in [6.07, 6.45) is 5.87. The van der Waals surface area contributed by atoms with Gasteiger partial charge in [-0.1, -0.05) is 25.5 Å². The molecule has 0 bridgehead atoms. The third kappa shape index (κ3) is 5.61. The van der Waals surface area contributed by atoms with Gasteiger partial charge in [0, 0.05) is 38.5 Å². The van der Waals surface area contributed by atoms with E-state index in [4.69, 9.17) is 9.73 Å². The van der Waals surface area contributed by atoms with Crippen molar-refractivity contribution in [2.45, 2.75) is 64.6 Å². The van der Waals surface area contributed by atoms with Gasteiger partial charge in [0.2, 0.25) is 0 Å². The number of hydrogen-bond donors (Lipinski definition) is 0. The van der Waals surface area contributed by atoms with Gasteiger partial charge in [0.05, 0.1) is 29.1 Å². The number of likely N-dealkylation sites (tertiary alicyclic amines) is 1. The molecule has 1 saturated carbocycles. The van der Waals surface area contributed by atoms with Crippen LogP contribution in [0, 0.1) is 17.9 Å². The number of benzene rings is 1. The highest BCUT2D eigenvalue weighted by Gasteiger charge is 2.38. The summed E-state index contributed by atoms with van der Waals surface area (Å²) in [5.74, 6) is 0.968. The van der Waals surface area contributed by atoms with Gasteiger partial charge in [-0.25, -0.2) is 4.79 Å². The van der Waals surface area contributed by atoms with Crippen LogP contribution in [0.2, 0.25) is 0 Å². The third-order valence-electron chi connectivity index (χ3n) is 9.04. The molecule has 0 amide bonds. The van der Waals surface area contributed by atoms with Crippen LogP contribution < -0.4 is 5.69 Å². The summed E-state index contributed by atoms with van der Waals surface area (Å²) in [7, 11) is 1.65. The fourth-order valence-electron chi connectivity index (χ4n) is 6.86. The van der Waals surface area contributed by atoms with E-state index in [1.165, 1.54) is 21.2 Å². The number of rotatable bonds is 8. The molecule has 2 aliphatic heterocycles. The number of hydrogen-bond acceptors (Lipinski definition) is 4. The van der Waals surface area contributed by atoms with E-state index in [1.54, 1.807) is 19.4 Å². The molecule has 3 aromatic rings. The summed E-state index contributed by atoms with van der Waals surface area (Å²) in [4.78, 5) is 20.8. The van der Waals surface area contributed by atoms with Crippen LogP contribution in [0.5, 0.6) is 0 Å². The van der Waals surface area contributed by atoms with Crippen LogP contribution in [0.15, 0.2) is 64.2 Å². The molecular formula is C33H38F3N4O2. The predicted molar refractivity (Wildman–Crippen MR) is 158 cm³/mol. The lowest BCUT2D eigenvalue weighted by Gasteiger charge is -2.37. The molecule has 2 fully saturated rings. The lowest BCUT2D eigenvalue weighted by molar-refractivity contribution is -0.136. The van der Waals surface area contributed by atoms with Crippen molar-refractivity contribution in [2.24, 2.45) is 16.8 Å². The summed E-state index contributed by atoms with van der Waals surface area (Å²) in [5.41, 5.74) is 2.61. The summed E-state index contributed by atoms with van der Waals surface area (Å²) in [6, 6.07) is 9.87. The topological polar surface area (TPSA) is 51.2 Å². The van der Waals surface area contributed by atoms with Gasteiger partial charge in [-0.2, -0.15) is 13.2 Å². The monoisotopic (exact) mass is 579 g/mol. The van der Waals surface area contributed by atoms with E-state index in [-0.39, 0.29) is 11.4 Å². The average molecular weight is 580 g/mol. The van der Waals surface area contributed by atoms with Crippen LogP contribution in [0.1, 0.15) is 68.6 Å². The Hall–Kier alpha value is -3.17. The Morgan fingerprint density at radius 2 is 1.93 bits per heavy atom. The molecule has 9 heteroatoms. The maximum Gasteiger partial charge on any atom is 0.418 e. The van der Waals surface area contributed by atoms with E-state index in [2.05, 4.69) is 24.8 Å². The van der Waals surface area contributed by atoms with Crippen LogP contribution in [-0.2, 0) is 17.5 Å². The number of imidazole rings is 1. The first-order valence-electron chi connectivity index (χ1n) is 14.9. The fraction of sp³-hybridized carbons (Fsp3) is 0.485. The van der Waals surface area contributed by atoms with Gasteiger partial charge in [0.1, 0.15) is 6.04 Å². The molecule has 1 saturated heterocycles. The molecule has 2 atom stereocenters. The molecular weight excluding hydrogens is 541 g/mol. The molecule has 1 aliphatic carbocycles. The van der Waals surface area contributed by atoms with Crippen LogP contribution >= 0.6 is 0 Å². The van der Waals surface area contributed by atoms with Gasteiger partial charge in [-0.3, -0.25) is 18.9 Å². The highest BCUT2D eigenvalue weighted by molar-refractivity contribution is 6.00. The van der Waals surface area contributed by atoms with Crippen molar-refractivity contribution in [1.29, 1.82) is 0 Å². The Bertz CT molecular complexity index is 1580. The number of halogens is 3. The van der Waals surface area contributed by atoms with E-state index < -0.39 is 17.4 Å². The summed E-state index contributed by atoms with van der Waals surface area (Å²) in [5, 5.41) is 0. The largest absolute Gasteiger partial charge is 0.418 e. The summed E-state index contributed by atoms with van der Waals surface area (Å²) < 4.78 is 50.8. The van der Waals surface area contributed by atoms with E-state index >= 15 is 0 Å². The quantitative estimate of drug-likeness (QED) is 0.295. The molecule has 223 valence electrons. The lowest BCUT2D eigenvalue weighted by atomic mass is 9.69. The molecule has 0 unspecified atom stereocenters. The maximum absolute atomic E-state index is 14.3. The smallest absolute Gasteiger partial charge is 0.378 e. The van der Waals surface area contributed by atoms with Crippen LogP contribution in [-0.4, -0.2) is 46.4 Å². The van der Waals surface area contributed by atoms with Crippen molar-refractivity contribution in [3.63, 3.8) is 0 Å². The average Bonchev–Trinajstić information content (AvgIpc) is 3.44. The number of alkyl halides is 3. The summed E-state index contributed by atoms with van der Waals surface area (Å²) >= 11 is 0. The van der Waals surface area contributed by atoms with Gasteiger partial charge in [0.25, 0.3) is 0 Å². The molecule has 6 rings (SSSR count). The normalized spacial score (nSPS) is 21.4. The number of piperidine rings is 1. The number of aromatic nitrogens is 2. The minimum absolute atomic E-state index is 0.0429. The molecule has 6 nitrogen and oxygen atoms in total. The molecule has 2 aromatic heterocycles. The maximum atomic E-state index is 14.3. The van der Waals surface area contributed by atoms with Crippen LogP contribution in [0.4, 0.5) is 13.2 Å². The number of pyridine rings is 1. The van der Waals surface area contributed by atoms with Crippen LogP contribution in [0.3, 0.4) is 0 Å². The Balaban J connectivity index is 1.39. The SMILES string of the molecule is COCC1=N[C]([C@H](c2cccc(-n3cc4c(C(F)(F)F)cc(CN5CCC[C@H](C)C5)cn4c3=O)c2)C2CCC2)C(C)=C1. The highest BCUT2D eigenvalue weighted by atomic mass is 19.4. The second-order valence-electron chi connectivity index (χ2n) is 12.3. The Labute approximate surface area is 244 Å². The van der Waals surface area contributed by atoms with Crippen molar-refractivity contribution >= 4 is 11.2 Å². The molecule has 0 N–H and O–H groups in total. The van der Waals surface area contributed by atoms with Crippen LogP contribution in [0.25, 0.3) is 11.2 Å².